The van der Waals surface area contributed by atoms with Crippen LogP contribution in [0.15, 0.2) is 17.1 Å². The number of hydrogen-bond donors (Lipinski definition) is 0. The van der Waals surface area contributed by atoms with Gasteiger partial charge in [0.1, 0.15) is 5.69 Å². The van der Waals surface area contributed by atoms with Crippen LogP contribution in [0, 0.1) is 10.1 Å². The summed E-state index contributed by atoms with van der Waals surface area (Å²) in [6, 6.07) is 1.65. The van der Waals surface area contributed by atoms with Crippen molar-refractivity contribution in [3.05, 3.63) is 32.3 Å². The van der Waals surface area contributed by atoms with Gasteiger partial charge in [-0.25, -0.2) is 4.99 Å². The molecule has 0 aliphatic rings. The fourth-order valence-electron chi connectivity index (χ4n) is 0.926. The van der Waals surface area contributed by atoms with Crippen molar-refractivity contribution in [3.8, 4) is 0 Å². The summed E-state index contributed by atoms with van der Waals surface area (Å²) in [5, 5.41) is 7.95. The molecule has 4 nitrogen and oxygen atoms in total. The molecule has 0 atom stereocenters. The summed E-state index contributed by atoms with van der Waals surface area (Å²) in [5.74, 6) is 0. The van der Waals surface area contributed by atoms with E-state index in [2.05, 4.69) is 4.99 Å². The fraction of sp³-hybridized carbons (Fsp3) is 0.125. The van der Waals surface area contributed by atoms with Gasteiger partial charge in [0, 0.05) is 12.1 Å². The average molecular weight is 321 g/mol. The van der Waals surface area contributed by atoms with Crippen molar-refractivity contribution in [2.75, 3.05) is 0 Å². The predicted octanol–water partition coefficient (Wildman–Crippen LogP) is 4.73. The van der Waals surface area contributed by atoms with Crippen molar-refractivity contribution in [1.82, 2.24) is 0 Å². The number of rotatable bonds is 2. The highest BCUT2D eigenvalue weighted by Gasteiger charge is 2.35. The van der Waals surface area contributed by atoms with Gasteiger partial charge in [-0.3, -0.25) is 10.1 Å². The highest BCUT2D eigenvalue weighted by molar-refractivity contribution is 6.67. The predicted molar refractivity (Wildman–Crippen MR) is 62.1 cm³/mol. The zero-order chi connectivity index (χ0) is 14.1. The Balaban J connectivity index is 3.32. The number of nitrogens with zero attached hydrogens (tertiary/aromatic N) is 2. The Morgan fingerprint density at radius 1 is 1.28 bits per heavy atom. The Hall–Kier alpha value is -1.05. The van der Waals surface area contributed by atoms with Crippen LogP contribution in [-0.4, -0.2) is 16.3 Å². The molecule has 0 heterocycles. The number of alkyl halides is 3. The highest BCUT2D eigenvalue weighted by Crippen LogP contribution is 2.38. The number of nitro groups is 1. The van der Waals surface area contributed by atoms with Gasteiger partial charge in [0.15, 0.2) is 0 Å². The van der Waals surface area contributed by atoms with Crippen molar-refractivity contribution in [2.45, 2.75) is 6.18 Å². The summed E-state index contributed by atoms with van der Waals surface area (Å²) < 4.78 is 36.4. The van der Waals surface area contributed by atoms with Crippen LogP contribution in [0.4, 0.5) is 24.5 Å². The smallest absolute Gasteiger partial charge is 0.258 e. The van der Waals surface area contributed by atoms with Gasteiger partial charge < -0.3 is 0 Å². The third kappa shape index (κ3) is 3.47. The first-order valence-electron chi connectivity index (χ1n) is 4.07. The minimum Gasteiger partial charge on any atom is -0.258 e. The van der Waals surface area contributed by atoms with Crippen molar-refractivity contribution < 1.29 is 18.1 Å². The monoisotopic (exact) mass is 320 g/mol. The maximum atomic E-state index is 12.1. The largest absolute Gasteiger partial charge is 0.444 e. The van der Waals surface area contributed by atoms with Gasteiger partial charge in [0.2, 0.25) is 5.17 Å². The Morgan fingerprint density at radius 2 is 1.72 bits per heavy atom. The van der Waals surface area contributed by atoms with E-state index < -0.39 is 37.7 Å². The lowest BCUT2D eigenvalue weighted by atomic mass is 10.3. The van der Waals surface area contributed by atoms with E-state index in [-0.39, 0.29) is 0 Å². The number of aliphatic imine (C=N–C) groups is 1. The van der Waals surface area contributed by atoms with Crippen LogP contribution < -0.4 is 0 Å². The minimum atomic E-state index is -4.85. The minimum absolute atomic E-state index is 0.406. The summed E-state index contributed by atoms with van der Waals surface area (Å²) >= 11 is 16.0. The van der Waals surface area contributed by atoms with E-state index in [0.717, 1.165) is 12.1 Å². The number of benzene rings is 1. The second kappa shape index (κ2) is 5.29. The lowest BCUT2D eigenvalue weighted by Gasteiger charge is -2.05. The van der Waals surface area contributed by atoms with Crippen LogP contribution in [0.1, 0.15) is 0 Å². The first-order chi connectivity index (χ1) is 8.12. The van der Waals surface area contributed by atoms with Crippen molar-refractivity contribution in [1.29, 1.82) is 0 Å². The summed E-state index contributed by atoms with van der Waals surface area (Å²) in [7, 11) is 0. The van der Waals surface area contributed by atoms with Crippen LogP contribution in [0.2, 0.25) is 10.0 Å². The molecule has 0 saturated heterocycles. The molecule has 1 rings (SSSR count). The fourth-order valence-corrected chi connectivity index (χ4v) is 1.57. The Kier molecular flexibility index (Phi) is 4.41. The van der Waals surface area contributed by atoms with E-state index in [1.807, 2.05) is 0 Å². The molecule has 1 aromatic carbocycles. The highest BCUT2D eigenvalue weighted by atomic mass is 35.5. The first kappa shape index (κ1) is 15.0. The number of halogens is 6. The summed E-state index contributed by atoms with van der Waals surface area (Å²) in [5.41, 5.74) is -0.946. The van der Waals surface area contributed by atoms with Crippen LogP contribution in [0.5, 0.6) is 0 Å². The quantitative estimate of drug-likeness (QED) is 0.449. The number of hydrogen-bond acceptors (Lipinski definition) is 3. The molecular weight excluding hydrogens is 319 g/mol. The zero-order valence-electron chi connectivity index (χ0n) is 8.13. The van der Waals surface area contributed by atoms with E-state index in [0.29, 0.717) is 0 Å². The SMILES string of the molecule is O=[N+]([O-])c1cc(Cl)c(N=C(Cl)C(F)(F)F)c(Cl)c1. The molecule has 0 fully saturated rings. The maximum Gasteiger partial charge on any atom is 0.444 e. The average Bonchev–Trinajstić information content (AvgIpc) is 2.21. The molecule has 0 amide bonds. The van der Waals surface area contributed by atoms with Gasteiger partial charge in [0.25, 0.3) is 5.69 Å². The molecule has 0 spiro atoms. The molecule has 0 aromatic heterocycles. The molecule has 10 heteroatoms. The number of nitro benzene ring substituents is 1. The molecule has 1 aromatic rings. The molecular formula is C8H2Cl3F3N2O2. The zero-order valence-corrected chi connectivity index (χ0v) is 10.4. The molecule has 0 aliphatic carbocycles. The molecule has 18 heavy (non-hydrogen) atoms. The van der Waals surface area contributed by atoms with Crippen molar-refractivity contribution in [3.63, 3.8) is 0 Å². The van der Waals surface area contributed by atoms with Crippen LogP contribution in [0.25, 0.3) is 0 Å². The van der Waals surface area contributed by atoms with Crippen LogP contribution in [-0.2, 0) is 0 Å². The first-order valence-corrected chi connectivity index (χ1v) is 5.21. The van der Waals surface area contributed by atoms with E-state index in [1.54, 1.807) is 0 Å². The molecule has 0 radical (unpaired) electrons. The molecule has 0 unspecified atom stereocenters. The number of non-ortho nitro benzene ring substituents is 1. The van der Waals surface area contributed by atoms with Gasteiger partial charge in [-0.1, -0.05) is 34.8 Å². The summed E-state index contributed by atoms with van der Waals surface area (Å²) in [4.78, 5) is 12.6. The third-order valence-corrected chi connectivity index (χ3v) is 2.53. The Labute approximate surface area is 113 Å². The Bertz CT molecular complexity index is 508. The third-order valence-electron chi connectivity index (χ3n) is 1.66. The van der Waals surface area contributed by atoms with E-state index in [1.165, 1.54) is 0 Å². The lowest BCUT2D eigenvalue weighted by molar-refractivity contribution is -0.384. The van der Waals surface area contributed by atoms with Crippen molar-refractivity contribution >= 4 is 51.3 Å². The topological polar surface area (TPSA) is 55.5 Å². The second-order valence-corrected chi connectivity index (χ2v) is 4.09. The van der Waals surface area contributed by atoms with Crippen LogP contribution in [0.3, 0.4) is 0 Å². The summed E-state index contributed by atoms with van der Waals surface area (Å²) in [6.07, 6.45) is -4.85. The van der Waals surface area contributed by atoms with E-state index in [9.17, 15) is 23.3 Å². The molecule has 0 aliphatic heterocycles. The van der Waals surface area contributed by atoms with Gasteiger partial charge >= 0.3 is 6.18 Å². The maximum absolute atomic E-state index is 12.1. The van der Waals surface area contributed by atoms with Gasteiger partial charge in [-0.15, -0.1) is 0 Å². The molecule has 0 N–H and O–H groups in total. The lowest BCUT2D eigenvalue weighted by Crippen LogP contribution is -2.16. The van der Waals surface area contributed by atoms with E-state index >= 15 is 0 Å². The second-order valence-electron chi connectivity index (χ2n) is 2.92. The molecule has 0 saturated carbocycles. The molecule has 0 bridgehead atoms. The van der Waals surface area contributed by atoms with Crippen molar-refractivity contribution in [2.24, 2.45) is 4.99 Å². The standard InChI is InChI=1S/C8H2Cl3F3N2O2/c9-4-1-3(16(17)18)2-5(10)6(4)15-7(11)8(12,13)14/h1-2H. The van der Waals surface area contributed by atoms with Gasteiger partial charge in [-0.2, -0.15) is 13.2 Å². The Morgan fingerprint density at radius 3 is 2.06 bits per heavy atom. The summed E-state index contributed by atoms with van der Waals surface area (Å²) in [6.45, 7) is 0. The van der Waals surface area contributed by atoms with Crippen LogP contribution >= 0.6 is 34.8 Å². The van der Waals surface area contributed by atoms with Gasteiger partial charge in [0.05, 0.1) is 15.0 Å². The van der Waals surface area contributed by atoms with Gasteiger partial charge in [-0.05, 0) is 0 Å². The normalized spacial score (nSPS) is 12.7. The molecule has 98 valence electrons. The van der Waals surface area contributed by atoms with E-state index in [4.69, 9.17) is 34.8 Å².